The van der Waals surface area contributed by atoms with Crippen molar-refractivity contribution in [1.29, 1.82) is 0 Å². The van der Waals surface area contributed by atoms with E-state index in [0.29, 0.717) is 11.1 Å². The van der Waals surface area contributed by atoms with Gasteiger partial charge in [0.15, 0.2) is 5.78 Å². The summed E-state index contributed by atoms with van der Waals surface area (Å²) in [6, 6.07) is 11.9. The number of hydrogen-bond donors (Lipinski definition) is 0. The van der Waals surface area contributed by atoms with E-state index in [0.717, 1.165) is 22.3 Å². The molecule has 1 aromatic heterocycles. The van der Waals surface area contributed by atoms with Crippen molar-refractivity contribution in [2.75, 3.05) is 0 Å². The first-order chi connectivity index (χ1) is 12.3. The zero-order valence-corrected chi connectivity index (χ0v) is 16.5. The highest BCUT2D eigenvalue weighted by atomic mass is 32.2. The zero-order chi connectivity index (χ0) is 18.8. The normalized spacial score (nSPS) is 12.2. The Bertz CT molecular complexity index is 945. The second-order valence-electron chi connectivity index (χ2n) is 6.61. The molecule has 0 radical (unpaired) electrons. The lowest BCUT2D eigenvalue weighted by molar-refractivity contribution is 0.0993. The highest BCUT2D eigenvalue weighted by molar-refractivity contribution is 8.00. The molecule has 0 spiro atoms. The number of Topliss-reactive ketones (excluding diaryl/α,β-unsaturated/α-hetero) is 1. The summed E-state index contributed by atoms with van der Waals surface area (Å²) in [6.45, 7) is 9.95. The van der Waals surface area contributed by atoms with Gasteiger partial charge in [0.05, 0.1) is 5.25 Å². The van der Waals surface area contributed by atoms with Crippen molar-refractivity contribution < 1.29 is 9.21 Å². The lowest BCUT2D eigenvalue weighted by atomic mass is 9.97. The van der Waals surface area contributed by atoms with Crippen LogP contribution in [0.4, 0.5) is 0 Å². The molecular formula is C21H22N2O2S. The number of carbonyl (C=O) groups excluding carboxylic acids is 1. The van der Waals surface area contributed by atoms with Crippen molar-refractivity contribution in [3.05, 3.63) is 64.2 Å². The van der Waals surface area contributed by atoms with Gasteiger partial charge >= 0.3 is 0 Å². The van der Waals surface area contributed by atoms with Gasteiger partial charge in [-0.3, -0.25) is 4.79 Å². The average molecular weight is 366 g/mol. The van der Waals surface area contributed by atoms with Crippen LogP contribution < -0.4 is 0 Å². The Kier molecular flexibility index (Phi) is 5.28. The Morgan fingerprint density at radius 1 is 0.962 bits per heavy atom. The predicted molar refractivity (Wildman–Crippen MR) is 105 cm³/mol. The van der Waals surface area contributed by atoms with Crippen molar-refractivity contribution in [1.82, 2.24) is 10.2 Å². The second kappa shape index (κ2) is 7.46. The van der Waals surface area contributed by atoms with E-state index in [4.69, 9.17) is 4.42 Å². The summed E-state index contributed by atoms with van der Waals surface area (Å²) < 4.78 is 5.73. The summed E-state index contributed by atoms with van der Waals surface area (Å²) in [5.41, 5.74) is 6.11. The maximum atomic E-state index is 12.8. The van der Waals surface area contributed by atoms with Crippen LogP contribution >= 0.6 is 11.8 Å². The molecule has 4 nitrogen and oxygen atoms in total. The van der Waals surface area contributed by atoms with Crippen LogP contribution in [0.2, 0.25) is 0 Å². The lowest BCUT2D eigenvalue weighted by Gasteiger charge is -2.12. The molecule has 0 fully saturated rings. The molecule has 0 saturated heterocycles. The highest BCUT2D eigenvalue weighted by Crippen LogP contribution is 2.29. The molecule has 0 bridgehead atoms. The van der Waals surface area contributed by atoms with E-state index >= 15 is 0 Å². The van der Waals surface area contributed by atoms with Gasteiger partial charge in [0.1, 0.15) is 0 Å². The number of carbonyl (C=O) groups is 1. The lowest BCUT2D eigenvalue weighted by Crippen LogP contribution is -2.15. The molecule has 0 aliphatic carbocycles. The van der Waals surface area contributed by atoms with Gasteiger partial charge in [0.2, 0.25) is 5.89 Å². The molecule has 3 rings (SSSR count). The fraction of sp³-hybridized carbons (Fsp3) is 0.286. The Balaban J connectivity index is 1.76. The van der Waals surface area contributed by atoms with E-state index in [1.54, 1.807) is 0 Å². The van der Waals surface area contributed by atoms with E-state index < -0.39 is 0 Å². The highest BCUT2D eigenvalue weighted by Gasteiger charge is 2.22. The number of hydrogen-bond acceptors (Lipinski definition) is 5. The summed E-state index contributed by atoms with van der Waals surface area (Å²) in [5.74, 6) is 0.542. The molecule has 0 aliphatic rings. The van der Waals surface area contributed by atoms with Crippen molar-refractivity contribution in [3.8, 4) is 11.5 Å². The topological polar surface area (TPSA) is 56.0 Å². The molecule has 0 amide bonds. The molecule has 0 N–H and O–H groups in total. The van der Waals surface area contributed by atoms with Gasteiger partial charge in [0, 0.05) is 11.1 Å². The van der Waals surface area contributed by atoms with Crippen LogP contribution in [0.1, 0.15) is 39.5 Å². The van der Waals surface area contributed by atoms with Crippen molar-refractivity contribution in [2.24, 2.45) is 0 Å². The third kappa shape index (κ3) is 3.88. The summed E-state index contributed by atoms with van der Waals surface area (Å²) in [7, 11) is 0. The third-order valence-electron chi connectivity index (χ3n) is 4.46. The number of ketones is 1. The first-order valence-corrected chi connectivity index (χ1v) is 9.42. The van der Waals surface area contributed by atoms with E-state index in [2.05, 4.69) is 23.2 Å². The minimum Gasteiger partial charge on any atom is -0.411 e. The maximum absolute atomic E-state index is 12.8. The van der Waals surface area contributed by atoms with E-state index in [1.165, 1.54) is 22.9 Å². The van der Waals surface area contributed by atoms with Crippen LogP contribution in [0, 0.1) is 27.7 Å². The molecule has 134 valence electrons. The van der Waals surface area contributed by atoms with Gasteiger partial charge < -0.3 is 4.42 Å². The third-order valence-corrected chi connectivity index (χ3v) is 5.39. The average Bonchev–Trinajstić information content (AvgIpc) is 3.06. The first-order valence-electron chi connectivity index (χ1n) is 8.54. The van der Waals surface area contributed by atoms with Gasteiger partial charge in [-0.15, -0.1) is 10.2 Å². The molecule has 0 aliphatic heterocycles. The van der Waals surface area contributed by atoms with Crippen molar-refractivity contribution in [2.45, 2.75) is 45.1 Å². The molecule has 5 heteroatoms. The predicted octanol–water partition coefficient (Wildman–Crippen LogP) is 5.33. The first kappa shape index (κ1) is 18.4. The molecule has 1 heterocycles. The summed E-state index contributed by atoms with van der Waals surface area (Å²) in [6.07, 6.45) is 0. The number of nitrogens with zero attached hydrogens (tertiary/aromatic N) is 2. The minimum atomic E-state index is -0.304. The smallest absolute Gasteiger partial charge is 0.277 e. The Labute approximate surface area is 158 Å². The van der Waals surface area contributed by atoms with E-state index in [1.807, 2.05) is 58.0 Å². The second-order valence-corrected chi connectivity index (χ2v) is 7.91. The zero-order valence-electron chi connectivity index (χ0n) is 15.7. The van der Waals surface area contributed by atoms with Crippen LogP contribution in [0.5, 0.6) is 0 Å². The van der Waals surface area contributed by atoms with Crippen LogP contribution in [-0.4, -0.2) is 21.2 Å². The van der Waals surface area contributed by atoms with Gasteiger partial charge in [-0.1, -0.05) is 35.5 Å². The fourth-order valence-electron chi connectivity index (χ4n) is 2.72. The van der Waals surface area contributed by atoms with Crippen LogP contribution in [-0.2, 0) is 0 Å². The Morgan fingerprint density at radius 2 is 1.62 bits per heavy atom. The minimum absolute atomic E-state index is 0.0747. The maximum Gasteiger partial charge on any atom is 0.277 e. The van der Waals surface area contributed by atoms with E-state index in [9.17, 15) is 4.79 Å². The molecule has 0 saturated carbocycles. The van der Waals surface area contributed by atoms with Crippen molar-refractivity contribution >= 4 is 17.5 Å². The monoisotopic (exact) mass is 366 g/mol. The summed E-state index contributed by atoms with van der Waals surface area (Å²) >= 11 is 1.29. The van der Waals surface area contributed by atoms with Gasteiger partial charge in [0.25, 0.3) is 5.22 Å². The molecule has 0 unspecified atom stereocenters. The molecular weight excluding hydrogens is 344 g/mol. The largest absolute Gasteiger partial charge is 0.411 e. The summed E-state index contributed by atoms with van der Waals surface area (Å²) in [4.78, 5) is 12.8. The van der Waals surface area contributed by atoms with Crippen LogP contribution in [0.15, 0.2) is 46.0 Å². The summed E-state index contributed by atoms with van der Waals surface area (Å²) in [5, 5.41) is 8.28. The molecule has 2 aromatic carbocycles. The Morgan fingerprint density at radius 3 is 2.31 bits per heavy atom. The van der Waals surface area contributed by atoms with Crippen LogP contribution in [0.3, 0.4) is 0 Å². The van der Waals surface area contributed by atoms with Gasteiger partial charge in [-0.25, -0.2) is 0 Å². The van der Waals surface area contributed by atoms with E-state index in [-0.39, 0.29) is 11.0 Å². The molecule has 26 heavy (non-hydrogen) atoms. The number of rotatable bonds is 5. The number of aryl methyl sites for hydroxylation is 4. The molecule has 1 atom stereocenters. The SMILES string of the molecule is Cc1ccc(-c2nnc(S[C@H](C)C(=O)c3cc(C)c(C)cc3C)o2)cc1. The quantitative estimate of drug-likeness (QED) is 0.451. The van der Waals surface area contributed by atoms with Gasteiger partial charge in [-0.05, 0) is 69.5 Å². The molecule has 3 aromatic rings. The van der Waals surface area contributed by atoms with Crippen LogP contribution in [0.25, 0.3) is 11.5 Å². The number of thioether (sulfide) groups is 1. The Hall–Kier alpha value is -2.40. The van der Waals surface area contributed by atoms with Gasteiger partial charge in [-0.2, -0.15) is 0 Å². The van der Waals surface area contributed by atoms with Crippen molar-refractivity contribution in [3.63, 3.8) is 0 Å². The number of benzene rings is 2. The standard InChI is InChI=1S/C21H22N2O2S/c1-12-6-8-17(9-7-12)20-22-23-21(25-20)26-16(5)19(24)18-11-14(3)13(2)10-15(18)4/h6-11,16H,1-5H3/t16-/m1/s1. The fourth-order valence-corrected chi connectivity index (χ4v) is 3.47. The number of aromatic nitrogens is 2.